The van der Waals surface area contributed by atoms with Gasteiger partial charge in [0.1, 0.15) is 13.2 Å². The minimum atomic E-state index is -0.446. The molecular formula is C22H24N2O4S. The predicted octanol–water partition coefficient (Wildman–Crippen LogP) is 3.77. The summed E-state index contributed by atoms with van der Waals surface area (Å²) in [7, 11) is 0. The summed E-state index contributed by atoms with van der Waals surface area (Å²) in [6, 6.07) is 13.2. The molecule has 2 N–H and O–H groups in total. The molecule has 4 rings (SSSR count). The summed E-state index contributed by atoms with van der Waals surface area (Å²) in [5.41, 5.74) is 1.76. The van der Waals surface area contributed by atoms with Gasteiger partial charge >= 0.3 is 0 Å². The van der Waals surface area contributed by atoms with Gasteiger partial charge in [-0.3, -0.25) is 9.59 Å². The molecule has 0 saturated carbocycles. The number of hydrogen-bond acceptors (Lipinski definition) is 5. The first-order chi connectivity index (χ1) is 14.0. The number of benzene rings is 2. The number of ether oxygens (including phenoxy) is 2. The molecule has 2 heterocycles. The summed E-state index contributed by atoms with van der Waals surface area (Å²) >= 11 is 1.43. The summed E-state index contributed by atoms with van der Waals surface area (Å²) < 4.78 is 11.3. The minimum absolute atomic E-state index is 0.124. The molecule has 29 heavy (non-hydrogen) atoms. The lowest BCUT2D eigenvalue weighted by molar-refractivity contribution is -0.124. The number of amides is 2. The zero-order valence-corrected chi connectivity index (χ0v) is 17.3. The first kappa shape index (κ1) is 19.6. The Kier molecular flexibility index (Phi) is 5.67. The summed E-state index contributed by atoms with van der Waals surface area (Å²) in [4.78, 5) is 26.2. The van der Waals surface area contributed by atoms with Crippen molar-refractivity contribution in [1.82, 2.24) is 5.32 Å². The lowest BCUT2D eigenvalue weighted by Gasteiger charge is -2.27. The second-order valence-corrected chi connectivity index (χ2v) is 8.73. The fourth-order valence-corrected chi connectivity index (χ4v) is 4.63. The highest BCUT2D eigenvalue weighted by Crippen LogP contribution is 2.37. The molecule has 0 fully saturated rings. The van der Waals surface area contributed by atoms with Gasteiger partial charge in [-0.25, -0.2) is 0 Å². The Morgan fingerprint density at radius 3 is 2.72 bits per heavy atom. The van der Waals surface area contributed by atoms with Crippen LogP contribution in [-0.4, -0.2) is 30.3 Å². The third-order valence-electron chi connectivity index (χ3n) is 4.99. The molecule has 0 radical (unpaired) electrons. The molecule has 2 atom stereocenters. The van der Waals surface area contributed by atoms with Crippen LogP contribution in [0.25, 0.3) is 0 Å². The van der Waals surface area contributed by atoms with E-state index in [2.05, 4.69) is 24.5 Å². The Balaban J connectivity index is 1.45. The molecule has 2 aromatic rings. The standard InChI is InChI=1S/C22H24N2O4S/c1-13(2)21(14-7-8-16-17(11-14)28-10-9-27-16)24-20(25)12-19-22(26)23-15-5-3-4-6-18(15)29-19/h3-8,11,13,19,21H,9-10,12H2,1-2H3,(H,23,26)(H,24,25)/t19-,21+/m0/s1. The predicted molar refractivity (Wildman–Crippen MR) is 112 cm³/mol. The molecule has 0 aromatic heterocycles. The van der Waals surface area contributed by atoms with Gasteiger partial charge in [0.25, 0.3) is 0 Å². The first-order valence-electron chi connectivity index (χ1n) is 9.76. The highest BCUT2D eigenvalue weighted by atomic mass is 32.2. The van der Waals surface area contributed by atoms with Crippen LogP contribution in [0.5, 0.6) is 11.5 Å². The van der Waals surface area contributed by atoms with Crippen molar-refractivity contribution in [3.63, 3.8) is 0 Å². The number of rotatable bonds is 5. The van der Waals surface area contributed by atoms with Crippen molar-refractivity contribution in [3.05, 3.63) is 48.0 Å². The van der Waals surface area contributed by atoms with E-state index in [9.17, 15) is 9.59 Å². The van der Waals surface area contributed by atoms with Crippen LogP contribution in [0.3, 0.4) is 0 Å². The largest absolute Gasteiger partial charge is 0.486 e. The van der Waals surface area contributed by atoms with Crippen molar-refractivity contribution in [2.24, 2.45) is 5.92 Å². The number of nitrogens with one attached hydrogen (secondary N) is 2. The summed E-state index contributed by atoms with van der Waals surface area (Å²) in [5.74, 6) is 1.32. The van der Waals surface area contributed by atoms with Crippen molar-refractivity contribution in [1.29, 1.82) is 0 Å². The average Bonchev–Trinajstić information content (AvgIpc) is 2.72. The zero-order valence-electron chi connectivity index (χ0n) is 16.4. The summed E-state index contributed by atoms with van der Waals surface area (Å²) in [5, 5.41) is 5.54. The Hall–Kier alpha value is -2.67. The van der Waals surface area contributed by atoms with Gasteiger partial charge in [0, 0.05) is 11.3 Å². The topological polar surface area (TPSA) is 76.7 Å². The molecule has 6 nitrogen and oxygen atoms in total. The van der Waals surface area contributed by atoms with E-state index < -0.39 is 5.25 Å². The lowest BCUT2D eigenvalue weighted by Crippen LogP contribution is -2.37. The molecule has 0 unspecified atom stereocenters. The molecule has 0 saturated heterocycles. The van der Waals surface area contributed by atoms with Crippen LogP contribution >= 0.6 is 11.8 Å². The SMILES string of the molecule is CC(C)[C@@H](NC(=O)C[C@@H]1Sc2ccccc2NC1=O)c1ccc2c(c1)OCCO2. The Morgan fingerprint density at radius 2 is 1.93 bits per heavy atom. The molecule has 2 aliphatic heterocycles. The van der Waals surface area contributed by atoms with Gasteiger partial charge in [0.15, 0.2) is 11.5 Å². The number of para-hydroxylation sites is 1. The summed E-state index contributed by atoms with van der Waals surface area (Å²) in [6.45, 7) is 5.17. The van der Waals surface area contributed by atoms with Crippen molar-refractivity contribution in [3.8, 4) is 11.5 Å². The monoisotopic (exact) mass is 412 g/mol. The molecule has 0 spiro atoms. The molecule has 2 amide bonds. The maximum Gasteiger partial charge on any atom is 0.238 e. The van der Waals surface area contributed by atoms with E-state index in [-0.39, 0.29) is 30.2 Å². The van der Waals surface area contributed by atoms with Crippen LogP contribution in [0.1, 0.15) is 31.9 Å². The van der Waals surface area contributed by atoms with Crippen LogP contribution in [0.15, 0.2) is 47.4 Å². The quantitative estimate of drug-likeness (QED) is 0.782. The van der Waals surface area contributed by atoms with Crippen LogP contribution < -0.4 is 20.1 Å². The number of thioether (sulfide) groups is 1. The van der Waals surface area contributed by atoms with E-state index in [0.717, 1.165) is 21.9 Å². The van der Waals surface area contributed by atoms with Crippen molar-refractivity contribution >= 4 is 29.3 Å². The number of carbonyl (C=O) groups excluding carboxylic acids is 2. The highest BCUT2D eigenvalue weighted by molar-refractivity contribution is 8.01. The normalized spacial score (nSPS) is 18.6. The Bertz CT molecular complexity index is 931. The Labute approximate surface area is 174 Å². The molecule has 152 valence electrons. The average molecular weight is 413 g/mol. The number of anilines is 1. The number of hydrogen-bond donors (Lipinski definition) is 2. The molecule has 2 aliphatic rings. The van der Waals surface area contributed by atoms with Gasteiger partial charge in [0.2, 0.25) is 11.8 Å². The molecule has 0 bridgehead atoms. The van der Waals surface area contributed by atoms with Crippen LogP contribution in [-0.2, 0) is 9.59 Å². The van der Waals surface area contributed by atoms with Gasteiger partial charge < -0.3 is 20.1 Å². The maximum atomic E-state index is 12.8. The highest BCUT2D eigenvalue weighted by Gasteiger charge is 2.30. The van der Waals surface area contributed by atoms with E-state index in [0.29, 0.717) is 19.0 Å². The number of carbonyl (C=O) groups is 2. The third kappa shape index (κ3) is 4.34. The number of fused-ring (bicyclic) bond motifs is 2. The van der Waals surface area contributed by atoms with Crippen LogP contribution in [0.4, 0.5) is 5.69 Å². The second-order valence-electron chi connectivity index (χ2n) is 7.49. The van der Waals surface area contributed by atoms with E-state index in [1.54, 1.807) is 0 Å². The van der Waals surface area contributed by atoms with E-state index in [4.69, 9.17) is 9.47 Å². The molecule has 2 aromatic carbocycles. The van der Waals surface area contributed by atoms with E-state index in [1.807, 2.05) is 42.5 Å². The fraction of sp³-hybridized carbons (Fsp3) is 0.364. The second kappa shape index (κ2) is 8.37. The van der Waals surface area contributed by atoms with Gasteiger partial charge in [0.05, 0.1) is 17.0 Å². The zero-order chi connectivity index (χ0) is 20.4. The van der Waals surface area contributed by atoms with E-state index >= 15 is 0 Å². The van der Waals surface area contributed by atoms with Gasteiger partial charge in [-0.15, -0.1) is 11.8 Å². The van der Waals surface area contributed by atoms with Crippen molar-refractivity contribution in [2.75, 3.05) is 18.5 Å². The smallest absolute Gasteiger partial charge is 0.238 e. The van der Waals surface area contributed by atoms with E-state index in [1.165, 1.54) is 11.8 Å². The first-order valence-corrected chi connectivity index (χ1v) is 10.6. The van der Waals surface area contributed by atoms with Gasteiger partial charge in [-0.1, -0.05) is 32.0 Å². The minimum Gasteiger partial charge on any atom is -0.486 e. The molecule has 0 aliphatic carbocycles. The van der Waals surface area contributed by atoms with Crippen LogP contribution in [0, 0.1) is 5.92 Å². The Morgan fingerprint density at radius 1 is 1.17 bits per heavy atom. The van der Waals surface area contributed by atoms with Crippen molar-refractivity contribution in [2.45, 2.75) is 36.5 Å². The van der Waals surface area contributed by atoms with Crippen molar-refractivity contribution < 1.29 is 19.1 Å². The van der Waals surface area contributed by atoms with Gasteiger partial charge in [-0.05, 0) is 35.7 Å². The molecule has 7 heteroatoms. The maximum absolute atomic E-state index is 12.8. The van der Waals surface area contributed by atoms with Crippen LogP contribution in [0.2, 0.25) is 0 Å². The summed E-state index contributed by atoms with van der Waals surface area (Å²) in [6.07, 6.45) is 0.124. The third-order valence-corrected chi connectivity index (χ3v) is 6.26. The lowest BCUT2D eigenvalue weighted by atomic mass is 9.95. The molecular weight excluding hydrogens is 388 g/mol. The van der Waals surface area contributed by atoms with Gasteiger partial charge in [-0.2, -0.15) is 0 Å². The fourth-order valence-electron chi connectivity index (χ4n) is 3.52.